The lowest BCUT2D eigenvalue weighted by Gasteiger charge is -2.20. The van der Waals surface area contributed by atoms with Crippen LogP contribution in [0.1, 0.15) is 26.2 Å². The van der Waals surface area contributed by atoms with Crippen molar-refractivity contribution in [3.63, 3.8) is 0 Å². The van der Waals surface area contributed by atoms with Gasteiger partial charge < -0.3 is 5.32 Å². The summed E-state index contributed by atoms with van der Waals surface area (Å²) in [7, 11) is 0. The molecule has 2 rings (SSSR count). The highest BCUT2D eigenvalue weighted by Gasteiger charge is 2.37. The Balaban J connectivity index is 1.95. The summed E-state index contributed by atoms with van der Waals surface area (Å²) < 4.78 is 0. The molecule has 0 spiro atoms. The molecule has 0 aliphatic carbocycles. The molecule has 0 saturated carbocycles. The second-order valence-corrected chi connectivity index (χ2v) is 3.84. The van der Waals surface area contributed by atoms with Crippen molar-refractivity contribution < 1.29 is 4.79 Å². The van der Waals surface area contributed by atoms with Crippen LogP contribution in [0.3, 0.4) is 0 Å². The standard InChI is InChI=1S/C9H16N2O/c1-7(12)10-8-4-6-11-5-2-3-9(8)11/h8-9H,2-6H2,1H3,(H,10,12)/t8-,9+/m1/s1. The maximum absolute atomic E-state index is 10.9. The summed E-state index contributed by atoms with van der Waals surface area (Å²) >= 11 is 0. The first-order valence-electron chi connectivity index (χ1n) is 4.78. The second kappa shape index (κ2) is 3.05. The number of hydrogen-bond donors (Lipinski definition) is 1. The minimum Gasteiger partial charge on any atom is -0.352 e. The number of fused-ring (bicyclic) bond motifs is 1. The van der Waals surface area contributed by atoms with E-state index < -0.39 is 0 Å². The Kier molecular flexibility index (Phi) is 2.05. The third-order valence-electron chi connectivity index (χ3n) is 2.99. The van der Waals surface area contributed by atoms with Crippen molar-refractivity contribution in [3.05, 3.63) is 0 Å². The molecule has 0 aromatic rings. The molecule has 2 fully saturated rings. The van der Waals surface area contributed by atoms with Gasteiger partial charge >= 0.3 is 0 Å². The summed E-state index contributed by atoms with van der Waals surface area (Å²) in [6.45, 7) is 4.02. The SMILES string of the molecule is CC(=O)N[C@@H]1CCN2CCC[C@@H]12. The first-order chi connectivity index (χ1) is 5.77. The van der Waals surface area contributed by atoms with Gasteiger partial charge in [0.15, 0.2) is 0 Å². The second-order valence-electron chi connectivity index (χ2n) is 3.84. The normalized spacial score (nSPS) is 35.1. The summed E-state index contributed by atoms with van der Waals surface area (Å²) in [4.78, 5) is 13.4. The van der Waals surface area contributed by atoms with Crippen molar-refractivity contribution >= 4 is 5.91 Å². The number of hydrogen-bond acceptors (Lipinski definition) is 2. The van der Waals surface area contributed by atoms with E-state index >= 15 is 0 Å². The molecule has 0 unspecified atom stereocenters. The summed E-state index contributed by atoms with van der Waals surface area (Å²) in [5.41, 5.74) is 0. The van der Waals surface area contributed by atoms with Crippen LogP contribution in [0.4, 0.5) is 0 Å². The zero-order valence-electron chi connectivity index (χ0n) is 7.55. The van der Waals surface area contributed by atoms with Crippen molar-refractivity contribution in [2.75, 3.05) is 13.1 Å². The fourth-order valence-corrected chi connectivity index (χ4v) is 2.51. The Morgan fingerprint density at radius 1 is 1.42 bits per heavy atom. The minimum absolute atomic E-state index is 0.119. The Bertz CT molecular complexity index is 193. The third kappa shape index (κ3) is 1.33. The van der Waals surface area contributed by atoms with E-state index in [2.05, 4.69) is 10.2 Å². The van der Waals surface area contributed by atoms with Crippen LogP contribution in [0.2, 0.25) is 0 Å². The lowest BCUT2D eigenvalue weighted by Crippen LogP contribution is -2.41. The van der Waals surface area contributed by atoms with Gasteiger partial charge in [-0.3, -0.25) is 9.69 Å². The highest BCUT2D eigenvalue weighted by Crippen LogP contribution is 2.27. The largest absolute Gasteiger partial charge is 0.352 e. The fraction of sp³-hybridized carbons (Fsp3) is 0.889. The smallest absolute Gasteiger partial charge is 0.217 e. The molecule has 2 saturated heterocycles. The molecule has 1 amide bonds. The molecule has 0 aromatic carbocycles. The van der Waals surface area contributed by atoms with Crippen LogP contribution >= 0.6 is 0 Å². The van der Waals surface area contributed by atoms with E-state index in [1.807, 2.05) is 0 Å². The lowest BCUT2D eigenvalue weighted by atomic mass is 10.1. The average molecular weight is 168 g/mol. The summed E-state index contributed by atoms with van der Waals surface area (Å²) in [5, 5.41) is 3.03. The molecule has 0 aromatic heterocycles. The quantitative estimate of drug-likeness (QED) is 0.613. The van der Waals surface area contributed by atoms with E-state index in [4.69, 9.17) is 0 Å². The molecule has 3 nitrogen and oxygen atoms in total. The molecule has 2 aliphatic heterocycles. The van der Waals surface area contributed by atoms with Crippen LogP contribution in [-0.2, 0) is 4.79 Å². The topological polar surface area (TPSA) is 32.3 Å². The molecular weight excluding hydrogens is 152 g/mol. The molecule has 2 heterocycles. The van der Waals surface area contributed by atoms with E-state index in [1.54, 1.807) is 6.92 Å². The average Bonchev–Trinajstić information content (AvgIpc) is 2.52. The van der Waals surface area contributed by atoms with Gasteiger partial charge in [0.2, 0.25) is 5.91 Å². The lowest BCUT2D eigenvalue weighted by molar-refractivity contribution is -0.119. The van der Waals surface area contributed by atoms with Gasteiger partial charge in [0.25, 0.3) is 0 Å². The predicted molar refractivity (Wildman–Crippen MR) is 46.8 cm³/mol. The molecule has 0 radical (unpaired) electrons. The minimum atomic E-state index is 0.119. The highest BCUT2D eigenvalue weighted by molar-refractivity contribution is 5.73. The van der Waals surface area contributed by atoms with Gasteiger partial charge in [-0.15, -0.1) is 0 Å². The van der Waals surface area contributed by atoms with E-state index in [1.165, 1.54) is 25.9 Å². The van der Waals surface area contributed by atoms with Crippen molar-refractivity contribution in [1.29, 1.82) is 0 Å². The van der Waals surface area contributed by atoms with Gasteiger partial charge in [0.1, 0.15) is 0 Å². The van der Waals surface area contributed by atoms with Gasteiger partial charge in [-0.05, 0) is 25.8 Å². The number of rotatable bonds is 1. The summed E-state index contributed by atoms with van der Waals surface area (Å²) in [6, 6.07) is 1.08. The Morgan fingerprint density at radius 2 is 2.25 bits per heavy atom. The molecule has 2 atom stereocenters. The molecule has 2 aliphatic rings. The molecule has 68 valence electrons. The third-order valence-corrected chi connectivity index (χ3v) is 2.99. The van der Waals surface area contributed by atoms with E-state index in [-0.39, 0.29) is 5.91 Å². The van der Waals surface area contributed by atoms with Gasteiger partial charge in [-0.25, -0.2) is 0 Å². The number of carbonyl (C=O) groups is 1. The molecule has 3 heteroatoms. The van der Waals surface area contributed by atoms with Crippen molar-refractivity contribution in [1.82, 2.24) is 10.2 Å². The zero-order chi connectivity index (χ0) is 8.55. The van der Waals surface area contributed by atoms with Gasteiger partial charge in [0.05, 0.1) is 0 Å². The molecular formula is C9H16N2O. The number of nitrogens with one attached hydrogen (secondary N) is 1. The monoisotopic (exact) mass is 168 g/mol. The summed E-state index contributed by atoms with van der Waals surface area (Å²) in [5.74, 6) is 0.119. The summed E-state index contributed by atoms with van der Waals surface area (Å²) in [6.07, 6.45) is 3.72. The highest BCUT2D eigenvalue weighted by atomic mass is 16.1. The molecule has 1 N–H and O–H groups in total. The van der Waals surface area contributed by atoms with Crippen LogP contribution < -0.4 is 5.32 Å². The van der Waals surface area contributed by atoms with Crippen LogP contribution in [0.5, 0.6) is 0 Å². The first kappa shape index (κ1) is 8.05. The van der Waals surface area contributed by atoms with Crippen molar-refractivity contribution in [3.8, 4) is 0 Å². The van der Waals surface area contributed by atoms with Crippen LogP contribution in [0.15, 0.2) is 0 Å². The van der Waals surface area contributed by atoms with Crippen LogP contribution in [0, 0.1) is 0 Å². The van der Waals surface area contributed by atoms with E-state index in [9.17, 15) is 4.79 Å². The Morgan fingerprint density at radius 3 is 3.00 bits per heavy atom. The van der Waals surface area contributed by atoms with E-state index in [0.29, 0.717) is 12.1 Å². The van der Waals surface area contributed by atoms with Crippen molar-refractivity contribution in [2.45, 2.75) is 38.3 Å². The number of nitrogens with zero attached hydrogens (tertiary/aromatic N) is 1. The molecule has 0 bridgehead atoms. The van der Waals surface area contributed by atoms with Crippen LogP contribution in [0.25, 0.3) is 0 Å². The fourth-order valence-electron chi connectivity index (χ4n) is 2.51. The van der Waals surface area contributed by atoms with Gasteiger partial charge in [0, 0.05) is 25.6 Å². The first-order valence-corrected chi connectivity index (χ1v) is 4.78. The van der Waals surface area contributed by atoms with Crippen LogP contribution in [-0.4, -0.2) is 36.0 Å². The number of amides is 1. The maximum atomic E-state index is 10.9. The Hall–Kier alpha value is -0.570. The van der Waals surface area contributed by atoms with Gasteiger partial charge in [-0.1, -0.05) is 0 Å². The zero-order valence-corrected chi connectivity index (χ0v) is 7.55. The predicted octanol–water partition coefficient (Wildman–Crippen LogP) is 0.359. The number of carbonyl (C=O) groups excluding carboxylic acids is 1. The van der Waals surface area contributed by atoms with Gasteiger partial charge in [-0.2, -0.15) is 0 Å². The Labute approximate surface area is 73.1 Å². The van der Waals surface area contributed by atoms with E-state index in [0.717, 1.165) is 6.42 Å². The molecule has 12 heavy (non-hydrogen) atoms. The maximum Gasteiger partial charge on any atom is 0.217 e. The van der Waals surface area contributed by atoms with Crippen molar-refractivity contribution in [2.24, 2.45) is 0 Å².